The van der Waals surface area contributed by atoms with E-state index in [0.29, 0.717) is 13.0 Å². The number of hydrogen-bond donors (Lipinski definition) is 1. The molecule has 2 amide bonds. The molecule has 5 heteroatoms. The van der Waals surface area contributed by atoms with Crippen molar-refractivity contribution in [2.75, 3.05) is 19.3 Å². The Hall–Kier alpha value is -0.710. The van der Waals surface area contributed by atoms with Gasteiger partial charge in [0, 0.05) is 24.3 Å². The number of carbonyl (C=O) groups is 2. The fourth-order valence-electron chi connectivity index (χ4n) is 2.26. The molecule has 0 aromatic heterocycles. The highest BCUT2D eigenvalue weighted by Gasteiger charge is 2.46. The third-order valence-electron chi connectivity index (χ3n) is 3.60. The minimum absolute atomic E-state index is 0.0279. The Morgan fingerprint density at radius 2 is 2.00 bits per heavy atom. The monoisotopic (exact) mass is 256 g/mol. The third kappa shape index (κ3) is 2.59. The van der Waals surface area contributed by atoms with Crippen molar-refractivity contribution in [2.45, 2.75) is 43.4 Å². The number of thioether (sulfide) groups is 1. The minimum atomic E-state index is -0.762. The Balaban J connectivity index is 2.11. The SMILES string of the molecule is CSC1(CN2CCC(=O)NC(C)(C)C2=O)CC1. The van der Waals surface area contributed by atoms with Gasteiger partial charge in [-0.2, -0.15) is 11.8 Å². The van der Waals surface area contributed by atoms with E-state index in [-0.39, 0.29) is 16.6 Å². The summed E-state index contributed by atoms with van der Waals surface area (Å²) >= 11 is 1.84. The third-order valence-corrected chi connectivity index (χ3v) is 5.01. The molecule has 0 spiro atoms. The van der Waals surface area contributed by atoms with Crippen LogP contribution in [0.3, 0.4) is 0 Å². The molecule has 96 valence electrons. The lowest BCUT2D eigenvalue weighted by molar-refractivity contribution is -0.137. The van der Waals surface area contributed by atoms with Gasteiger partial charge in [-0.3, -0.25) is 9.59 Å². The maximum absolute atomic E-state index is 12.3. The van der Waals surface area contributed by atoms with Gasteiger partial charge in [-0.25, -0.2) is 0 Å². The van der Waals surface area contributed by atoms with E-state index in [4.69, 9.17) is 0 Å². The second-order valence-corrected chi connectivity index (χ2v) is 6.81. The average molecular weight is 256 g/mol. The van der Waals surface area contributed by atoms with Gasteiger partial charge in [0.05, 0.1) is 0 Å². The second kappa shape index (κ2) is 4.19. The summed E-state index contributed by atoms with van der Waals surface area (Å²) in [5.41, 5.74) is -0.762. The fraction of sp³-hybridized carbons (Fsp3) is 0.833. The Morgan fingerprint density at radius 1 is 1.35 bits per heavy atom. The largest absolute Gasteiger partial charge is 0.342 e. The summed E-state index contributed by atoms with van der Waals surface area (Å²) in [6, 6.07) is 0. The standard InChI is InChI=1S/C12H20N2O2S/c1-11(2)10(16)14(7-4-9(15)13-11)8-12(17-3)5-6-12/h4-8H2,1-3H3,(H,13,15). The van der Waals surface area contributed by atoms with Crippen molar-refractivity contribution in [1.82, 2.24) is 10.2 Å². The summed E-state index contributed by atoms with van der Waals surface area (Å²) in [4.78, 5) is 25.7. The molecular formula is C12H20N2O2S. The Morgan fingerprint density at radius 3 is 2.53 bits per heavy atom. The first-order valence-electron chi connectivity index (χ1n) is 6.04. The van der Waals surface area contributed by atoms with Gasteiger partial charge in [-0.1, -0.05) is 0 Å². The van der Waals surface area contributed by atoms with Crippen LogP contribution in [0.4, 0.5) is 0 Å². The van der Waals surface area contributed by atoms with E-state index in [0.717, 1.165) is 6.54 Å². The Bertz CT molecular complexity index is 350. The van der Waals surface area contributed by atoms with Crippen LogP contribution in [0.25, 0.3) is 0 Å². The van der Waals surface area contributed by atoms with E-state index in [2.05, 4.69) is 11.6 Å². The van der Waals surface area contributed by atoms with Crippen LogP contribution in [-0.4, -0.2) is 46.3 Å². The van der Waals surface area contributed by atoms with E-state index < -0.39 is 5.54 Å². The molecule has 1 saturated carbocycles. The molecule has 1 heterocycles. The van der Waals surface area contributed by atoms with Crippen molar-refractivity contribution in [3.63, 3.8) is 0 Å². The first-order valence-corrected chi connectivity index (χ1v) is 7.27. The highest BCUT2D eigenvalue weighted by molar-refractivity contribution is 8.00. The number of nitrogens with one attached hydrogen (secondary N) is 1. The molecule has 0 aromatic rings. The first kappa shape index (κ1) is 12.7. The quantitative estimate of drug-likeness (QED) is 0.820. The van der Waals surface area contributed by atoms with E-state index in [1.54, 1.807) is 13.8 Å². The molecule has 1 aliphatic heterocycles. The lowest BCUT2D eigenvalue weighted by atomic mass is 10.0. The van der Waals surface area contributed by atoms with E-state index in [1.165, 1.54) is 12.8 Å². The molecule has 0 atom stereocenters. The van der Waals surface area contributed by atoms with Gasteiger partial charge in [0.25, 0.3) is 0 Å². The lowest BCUT2D eigenvalue weighted by Gasteiger charge is -2.31. The molecule has 1 aliphatic carbocycles. The zero-order valence-electron chi connectivity index (χ0n) is 10.7. The van der Waals surface area contributed by atoms with Gasteiger partial charge < -0.3 is 10.2 Å². The summed E-state index contributed by atoms with van der Waals surface area (Å²) in [5.74, 6) is 0.0172. The van der Waals surface area contributed by atoms with Gasteiger partial charge in [-0.15, -0.1) is 0 Å². The maximum Gasteiger partial charge on any atom is 0.247 e. The predicted molar refractivity (Wildman–Crippen MR) is 68.9 cm³/mol. The van der Waals surface area contributed by atoms with Crippen LogP contribution in [-0.2, 0) is 9.59 Å². The van der Waals surface area contributed by atoms with Crippen molar-refractivity contribution in [3.8, 4) is 0 Å². The van der Waals surface area contributed by atoms with Crippen LogP contribution in [0.15, 0.2) is 0 Å². The van der Waals surface area contributed by atoms with Crippen LogP contribution in [0.2, 0.25) is 0 Å². The number of hydrogen-bond acceptors (Lipinski definition) is 3. The normalized spacial score (nSPS) is 26.4. The van der Waals surface area contributed by atoms with Crippen molar-refractivity contribution >= 4 is 23.6 Å². The highest BCUT2D eigenvalue weighted by atomic mass is 32.2. The zero-order chi connectivity index (χ0) is 12.7. The molecular weight excluding hydrogens is 236 g/mol. The van der Waals surface area contributed by atoms with Gasteiger partial charge in [0.2, 0.25) is 11.8 Å². The van der Waals surface area contributed by atoms with E-state index >= 15 is 0 Å². The summed E-state index contributed by atoms with van der Waals surface area (Å²) in [5, 5.41) is 2.79. The van der Waals surface area contributed by atoms with Crippen LogP contribution < -0.4 is 5.32 Å². The van der Waals surface area contributed by atoms with Crippen LogP contribution in [0.1, 0.15) is 33.1 Å². The van der Waals surface area contributed by atoms with Crippen LogP contribution in [0.5, 0.6) is 0 Å². The topological polar surface area (TPSA) is 49.4 Å². The Kier molecular flexibility index (Phi) is 3.14. The lowest BCUT2D eigenvalue weighted by Crippen LogP contribution is -2.53. The molecule has 1 saturated heterocycles. The van der Waals surface area contributed by atoms with Crippen molar-refractivity contribution in [2.24, 2.45) is 0 Å². The van der Waals surface area contributed by atoms with E-state index in [1.807, 2.05) is 16.7 Å². The van der Waals surface area contributed by atoms with Gasteiger partial charge in [0.15, 0.2) is 0 Å². The second-order valence-electron chi connectivity index (χ2n) is 5.54. The van der Waals surface area contributed by atoms with Gasteiger partial charge >= 0.3 is 0 Å². The predicted octanol–water partition coefficient (Wildman–Crippen LogP) is 1.01. The van der Waals surface area contributed by atoms with Crippen molar-refractivity contribution in [1.29, 1.82) is 0 Å². The first-order chi connectivity index (χ1) is 7.88. The molecule has 0 bridgehead atoms. The molecule has 1 N–H and O–H groups in total. The molecule has 2 rings (SSSR count). The smallest absolute Gasteiger partial charge is 0.247 e. The number of amides is 2. The highest BCUT2D eigenvalue weighted by Crippen LogP contribution is 2.47. The molecule has 2 aliphatic rings. The van der Waals surface area contributed by atoms with Crippen molar-refractivity contribution < 1.29 is 9.59 Å². The molecule has 0 aromatic carbocycles. The van der Waals surface area contributed by atoms with Crippen molar-refractivity contribution in [3.05, 3.63) is 0 Å². The van der Waals surface area contributed by atoms with Crippen LogP contribution in [0, 0.1) is 0 Å². The molecule has 4 nitrogen and oxygen atoms in total. The summed E-state index contributed by atoms with van der Waals surface area (Å²) in [6.07, 6.45) is 4.88. The van der Waals surface area contributed by atoms with Gasteiger partial charge in [0.1, 0.15) is 5.54 Å². The fourth-order valence-corrected chi connectivity index (χ4v) is 3.06. The zero-order valence-corrected chi connectivity index (χ0v) is 11.5. The summed E-state index contributed by atoms with van der Waals surface area (Å²) in [7, 11) is 0. The van der Waals surface area contributed by atoms with Gasteiger partial charge in [-0.05, 0) is 32.9 Å². The van der Waals surface area contributed by atoms with Crippen LogP contribution >= 0.6 is 11.8 Å². The Labute approximate surface area is 106 Å². The molecule has 17 heavy (non-hydrogen) atoms. The summed E-state index contributed by atoms with van der Waals surface area (Å²) < 4.78 is 0.263. The number of nitrogens with zero attached hydrogens (tertiary/aromatic N) is 1. The molecule has 2 fully saturated rings. The average Bonchev–Trinajstić information content (AvgIpc) is 3.03. The number of carbonyl (C=O) groups excluding carboxylic acids is 2. The molecule has 0 radical (unpaired) electrons. The molecule has 0 unspecified atom stereocenters. The minimum Gasteiger partial charge on any atom is -0.342 e. The summed E-state index contributed by atoms with van der Waals surface area (Å²) in [6.45, 7) is 4.90. The van der Waals surface area contributed by atoms with E-state index in [9.17, 15) is 9.59 Å². The number of rotatable bonds is 3. The maximum atomic E-state index is 12.3.